The molecule has 2 N–H and O–H groups in total. The van der Waals surface area contributed by atoms with E-state index in [1.807, 2.05) is 48.5 Å². The van der Waals surface area contributed by atoms with E-state index in [1.165, 1.54) is 0 Å². The predicted octanol–water partition coefficient (Wildman–Crippen LogP) is 3.22. The zero-order valence-corrected chi connectivity index (χ0v) is 19.1. The molecule has 2 amide bonds. The normalized spacial score (nSPS) is 10.3. The summed E-state index contributed by atoms with van der Waals surface area (Å²) in [5.74, 6) is -1.55. The highest BCUT2D eigenvalue weighted by molar-refractivity contribution is 5.91. The van der Waals surface area contributed by atoms with Crippen molar-refractivity contribution in [2.75, 3.05) is 19.9 Å². The van der Waals surface area contributed by atoms with Crippen molar-refractivity contribution in [2.45, 2.75) is 26.1 Å². The van der Waals surface area contributed by atoms with E-state index in [0.29, 0.717) is 19.4 Å². The number of esters is 2. The van der Waals surface area contributed by atoms with Crippen molar-refractivity contribution in [3.05, 3.63) is 83.9 Å². The van der Waals surface area contributed by atoms with Gasteiger partial charge in [-0.3, -0.25) is 5.32 Å². The summed E-state index contributed by atoms with van der Waals surface area (Å²) in [6.45, 7) is 0.350. The van der Waals surface area contributed by atoms with Crippen molar-refractivity contribution < 1.29 is 38.1 Å². The topological polar surface area (TPSA) is 129 Å². The summed E-state index contributed by atoms with van der Waals surface area (Å²) < 4.78 is 19.7. The third-order valence-corrected chi connectivity index (χ3v) is 4.30. The van der Waals surface area contributed by atoms with E-state index < -0.39 is 30.9 Å². The number of hydrogen-bond donors (Lipinski definition) is 2. The smallest absolute Gasteiger partial charge is 0.410 e. The Morgan fingerprint density at radius 3 is 1.71 bits per heavy atom. The van der Waals surface area contributed by atoms with Crippen molar-refractivity contribution >= 4 is 24.1 Å². The SMILES string of the molecule is O=C(/C=C/C(=O)OCNC(=O)OCc1ccccc1)OCCCCNC(=O)OCc1ccccc1. The van der Waals surface area contributed by atoms with Crippen molar-refractivity contribution in [1.29, 1.82) is 0 Å². The van der Waals surface area contributed by atoms with Crippen LogP contribution in [-0.4, -0.2) is 44.0 Å². The lowest BCUT2D eigenvalue weighted by Crippen LogP contribution is -2.27. The van der Waals surface area contributed by atoms with Crippen LogP contribution in [0.2, 0.25) is 0 Å². The van der Waals surface area contributed by atoms with Crippen molar-refractivity contribution in [3.8, 4) is 0 Å². The molecule has 0 heterocycles. The van der Waals surface area contributed by atoms with Crippen molar-refractivity contribution in [1.82, 2.24) is 10.6 Å². The second-order valence-electron chi connectivity index (χ2n) is 7.04. The molecule has 0 aliphatic rings. The van der Waals surface area contributed by atoms with Gasteiger partial charge in [0.05, 0.1) is 6.61 Å². The van der Waals surface area contributed by atoms with Crippen LogP contribution >= 0.6 is 0 Å². The minimum Gasteiger partial charge on any atom is -0.463 e. The lowest BCUT2D eigenvalue weighted by Gasteiger charge is -2.07. The number of unbranched alkanes of at least 4 members (excludes halogenated alkanes) is 1. The van der Waals surface area contributed by atoms with Gasteiger partial charge in [-0.2, -0.15) is 0 Å². The van der Waals surface area contributed by atoms with E-state index in [-0.39, 0.29) is 19.8 Å². The first-order valence-electron chi connectivity index (χ1n) is 10.9. The number of carbonyl (C=O) groups excluding carboxylic acids is 4. The summed E-state index contributed by atoms with van der Waals surface area (Å²) >= 11 is 0. The molecule has 0 fully saturated rings. The summed E-state index contributed by atoms with van der Waals surface area (Å²) in [4.78, 5) is 46.3. The van der Waals surface area contributed by atoms with Crippen LogP contribution in [-0.2, 0) is 41.8 Å². The Kier molecular flexibility index (Phi) is 12.5. The van der Waals surface area contributed by atoms with Gasteiger partial charge in [0, 0.05) is 18.7 Å². The molecule has 0 unspecified atom stereocenters. The number of hydrogen-bond acceptors (Lipinski definition) is 8. The van der Waals surface area contributed by atoms with Gasteiger partial charge in [0.1, 0.15) is 13.2 Å². The Morgan fingerprint density at radius 1 is 0.629 bits per heavy atom. The Bertz CT molecular complexity index is 964. The molecule has 35 heavy (non-hydrogen) atoms. The molecule has 0 saturated carbocycles. The highest BCUT2D eigenvalue weighted by Gasteiger charge is 2.05. The Morgan fingerprint density at radius 2 is 1.14 bits per heavy atom. The highest BCUT2D eigenvalue weighted by atomic mass is 16.6. The van der Waals surface area contributed by atoms with Crippen molar-refractivity contribution in [3.63, 3.8) is 0 Å². The van der Waals surface area contributed by atoms with Gasteiger partial charge in [0.15, 0.2) is 6.73 Å². The van der Waals surface area contributed by atoms with Gasteiger partial charge in [-0.05, 0) is 24.0 Å². The van der Waals surface area contributed by atoms with Crippen LogP contribution in [0.5, 0.6) is 0 Å². The fourth-order valence-corrected chi connectivity index (χ4v) is 2.54. The van der Waals surface area contributed by atoms with Gasteiger partial charge in [-0.1, -0.05) is 60.7 Å². The van der Waals surface area contributed by atoms with E-state index in [1.54, 1.807) is 12.1 Å². The van der Waals surface area contributed by atoms with Crippen LogP contribution in [0.4, 0.5) is 9.59 Å². The Labute approximate surface area is 203 Å². The van der Waals surface area contributed by atoms with Gasteiger partial charge in [0.25, 0.3) is 0 Å². The van der Waals surface area contributed by atoms with Crippen LogP contribution in [0.3, 0.4) is 0 Å². The van der Waals surface area contributed by atoms with Crippen LogP contribution in [0, 0.1) is 0 Å². The maximum atomic E-state index is 11.6. The third kappa shape index (κ3) is 13.1. The standard InChI is InChI=1S/C25H28N2O8/c28-22(32-16-8-7-15-26-24(30)33-17-20-9-3-1-4-10-20)13-14-23(29)35-19-27-25(31)34-18-21-11-5-2-6-12-21/h1-6,9-14H,7-8,15-19H2,(H,26,30)(H,27,31)/b14-13+. The largest absolute Gasteiger partial charge is 0.463 e. The first kappa shape index (κ1) is 26.9. The molecule has 2 aromatic rings. The molecule has 0 radical (unpaired) electrons. The van der Waals surface area contributed by atoms with Crippen LogP contribution in [0.1, 0.15) is 24.0 Å². The predicted molar refractivity (Wildman–Crippen MR) is 125 cm³/mol. The van der Waals surface area contributed by atoms with Crippen LogP contribution in [0.15, 0.2) is 72.8 Å². The van der Waals surface area contributed by atoms with E-state index >= 15 is 0 Å². The van der Waals surface area contributed by atoms with Gasteiger partial charge in [-0.15, -0.1) is 0 Å². The molecule has 0 aliphatic carbocycles. The Balaban J connectivity index is 1.44. The van der Waals surface area contributed by atoms with E-state index in [2.05, 4.69) is 10.6 Å². The molecule has 0 aromatic heterocycles. The zero-order valence-electron chi connectivity index (χ0n) is 19.1. The molecule has 0 aliphatic heterocycles. The third-order valence-electron chi connectivity index (χ3n) is 4.30. The number of amides is 2. The number of ether oxygens (including phenoxy) is 4. The van der Waals surface area contributed by atoms with Gasteiger partial charge < -0.3 is 24.3 Å². The molecule has 10 heteroatoms. The van der Waals surface area contributed by atoms with Crippen LogP contribution in [0.25, 0.3) is 0 Å². The number of nitrogens with one attached hydrogen (secondary N) is 2. The number of rotatable bonds is 13. The summed E-state index contributed by atoms with van der Waals surface area (Å²) in [5.41, 5.74) is 1.71. The molecule has 0 atom stereocenters. The second-order valence-corrected chi connectivity index (χ2v) is 7.04. The minimum absolute atomic E-state index is 0.0841. The molecular formula is C25H28N2O8. The van der Waals surface area contributed by atoms with Gasteiger partial charge >= 0.3 is 24.1 Å². The Hall–Kier alpha value is -4.34. The van der Waals surface area contributed by atoms with Crippen LogP contribution < -0.4 is 10.6 Å². The molecule has 0 spiro atoms. The maximum Gasteiger partial charge on any atom is 0.410 e. The van der Waals surface area contributed by atoms with Gasteiger partial charge in [0.2, 0.25) is 0 Å². The first-order chi connectivity index (χ1) is 17.0. The molecule has 2 aromatic carbocycles. The summed E-state index contributed by atoms with van der Waals surface area (Å²) in [6, 6.07) is 18.4. The second kappa shape index (κ2) is 16.3. The zero-order chi connectivity index (χ0) is 25.1. The lowest BCUT2D eigenvalue weighted by molar-refractivity contribution is -0.140. The molecular weight excluding hydrogens is 456 g/mol. The number of alkyl carbamates (subject to hydrolysis) is 2. The quantitative estimate of drug-likeness (QED) is 0.146. The molecule has 2 rings (SSSR count). The first-order valence-corrected chi connectivity index (χ1v) is 10.9. The van der Waals surface area contributed by atoms with Crippen molar-refractivity contribution in [2.24, 2.45) is 0 Å². The minimum atomic E-state index is -0.830. The average Bonchev–Trinajstić information content (AvgIpc) is 2.88. The highest BCUT2D eigenvalue weighted by Crippen LogP contribution is 2.01. The van der Waals surface area contributed by atoms with E-state index in [0.717, 1.165) is 23.3 Å². The summed E-state index contributed by atoms with van der Waals surface area (Å²) in [6.07, 6.45) is 1.64. The molecule has 10 nitrogen and oxygen atoms in total. The van der Waals surface area contributed by atoms with E-state index in [4.69, 9.17) is 18.9 Å². The maximum absolute atomic E-state index is 11.6. The van der Waals surface area contributed by atoms with E-state index in [9.17, 15) is 19.2 Å². The summed E-state index contributed by atoms with van der Waals surface area (Å²) in [5, 5.41) is 4.87. The molecule has 0 saturated heterocycles. The number of benzene rings is 2. The average molecular weight is 485 g/mol. The van der Waals surface area contributed by atoms with Gasteiger partial charge in [-0.25, -0.2) is 19.2 Å². The monoisotopic (exact) mass is 484 g/mol. The molecule has 186 valence electrons. The lowest BCUT2D eigenvalue weighted by atomic mass is 10.2. The summed E-state index contributed by atoms with van der Waals surface area (Å²) in [7, 11) is 0. The fraction of sp³-hybridized carbons (Fsp3) is 0.280. The molecule has 0 bridgehead atoms. The number of carbonyl (C=O) groups is 4. The fourth-order valence-electron chi connectivity index (χ4n) is 2.54.